The molecule has 8 aromatic carbocycles. The summed E-state index contributed by atoms with van der Waals surface area (Å²) in [6.45, 7) is 13.7. The van der Waals surface area contributed by atoms with Crippen LogP contribution in [-0.4, -0.2) is 9.13 Å². The molecule has 0 saturated heterocycles. The van der Waals surface area contributed by atoms with E-state index in [0.29, 0.717) is 11.8 Å². The van der Waals surface area contributed by atoms with Crippen LogP contribution in [0.25, 0.3) is 88.4 Å². The Kier molecular flexibility index (Phi) is 7.72. The molecule has 0 amide bonds. The van der Waals surface area contributed by atoms with Crippen LogP contribution in [0.2, 0.25) is 0 Å². The number of aromatic nitrogens is 2. The van der Waals surface area contributed by atoms with Crippen LogP contribution in [0.4, 0.5) is 0 Å². The Morgan fingerprint density at radius 3 is 1.45 bits per heavy atom. The molecule has 0 spiro atoms. The minimum Gasteiger partial charge on any atom is -0.309 e. The van der Waals surface area contributed by atoms with Crippen molar-refractivity contribution in [2.75, 3.05) is 0 Å². The first-order chi connectivity index (χ1) is 28.2. The number of hydrogen-bond donors (Lipinski definition) is 0. The number of benzene rings is 8. The van der Waals surface area contributed by atoms with Crippen molar-refractivity contribution in [2.45, 2.75) is 53.4 Å². The first-order valence-corrected chi connectivity index (χ1v) is 20.7. The van der Waals surface area contributed by atoms with E-state index < -0.39 is 0 Å². The highest BCUT2D eigenvalue weighted by Crippen LogP contribution is 2.53. The topological polar surface area (TPSA) is 9.86 Å². The summed E-state index contributed by atoms with van der Waals surface area (Å²) in [6.07, 6.45) is 0. The van der Waals surface area contributed by atoms with E-state index in [1.54, 1.807) is 0 Å². The molecule has 280 valence electrons. The molecule has 2 atom stereocenters. The average Bonchev–Trinajstić information content (AvgIpc) is 3.76. The molecule has 11 rings (SSSR count). The van der Waals surface area contributed by atoms with Gasteiger partial charge < -0.3 is 9.13 Å². The second-order valence-electron chi connectivity index (χ2n) is 16.9. The van der Waals surface area contributed by atoms with Gasteiger partial charge in [-0.3, -0.25) is 0 Å². The highest BCUT2D eigenvalue weighted by atomic mass is 15.0. The van der Waals surface area contributed by atoms with Gasteiger partial charge in [-0.15, -0.1) is 0 Å². The summed E-state index contributed by atoms with van der Waals surface area (Å²) in [6, 6.07) is 59.5. The largest absolute Gasteiger partial charge is 0.309 e. The van der Waals surface area contributed by atoms with E-state index in [9.17, 15) is 0 Å². The van der Waals surface area contributed by atoms with E-state index in [-0.39, 0.29) is 0 Å². The zero-order valence-electron chi connectivity index (χ0n) is 34.1. The van der Waals surface area contributed by atoms with Gasteiger partial charge in [0.05, 0.1) is 22.1 Å². The number of hydrogen-bond acceptors (Lipinski definition) is 0. The fourth-order valence-corrected chi connectivity index (χ4v) is 9.94. The Labute approximate surface area is 340 Å². The lowest BCUT2D eigenvalue weighted by molar-refractivity contribution is 0.619. The highest BCUT2D eigenvalue weighted by molar-refractivity contribution is 6.15. The van der Waals surface area contributed by atoms with Crippen LogP contribution in [-0.2, 0) is 0 Å². The van der Waals surface area contributed by atoms with Crippen LogP contribution in [0.1, 0.15) is 59.1 Å². The summed E-state index contributed by atoms with van der Waals surface area (Å²) < 4.78 is 5.01. The van der Waals surface area contributed by atoms with Crippen molar-refractivity contribution in [3.8, 4) is 44.8 Å². The van der Waals surface area contributed by atoms with Crippen molar-refractivity contribution >= 4 is 43.6 Å². The van der Waals surface area contributed by atoms with E-state index in [0.717, 1.165) is 0 Å². The van der Waals surface area contributed by atoms with Crippen LogP contribution in [0.5, 0.6) is 0 Å². The van der Waals surface area contributed by atoms with E-state index in [2.05, 4.69) is 208 Å². The number of nitrogens with zero attached hydrogens (tertiary/aromatic N) is 2. The van der Waals surface area contributed by atoms with Crippen LogP contribution in [0.15, 0.2) is 158 Å². The van der Waals surface area contributed by atoms with E-state index in [1.807, 2.05) is 0 Å². The zero-order valence-corrected chi connectivity index (χ0v) is 34.1. The minimum atomic E-state index is 0.295. The van der Waals surface area contributed by atoms with Gasteiger partial charge in [0.15, 0.2) is 0 Å². The first-order valence-electron chi connectivity index (χ1n) is 20.7. The van der Waals surface area contributed by atoms with Gasteiger partial charge in [-0.1, -0.05) is 111 Å². The summed E-state index contributed by atoms with van der Waals surface area (Å²) in [4.78, 5) is 0. The molecule has 1 aliphatic rings. The summed E-state index contributed by atoms with van der Waals surface area (Å²) in [5.74, 6) is 0.604. The third-order valence-corrected chi connectivity index (χ3v) is 13.6. The predicted molar refractivity (Wildman–Crippen MR) is 247 cm³/mol. The molecule has 0 N–H and O–H groups in total. The second kappa shape index (κ2) is 12.9. The molecule has 0 aliphatic heterocycles. The number of rotatable bonds is 4. The molecule has 2 heteroatoms. The van der Waals surface area contributed by atoms with Gasteiger partial charge in [0.1, 0.15) is 0 Å². The van der Waals surface area contributed by atoms with Gasteiger partial charge in [0.25, 0.3) is 0 Å². The van der Waals surface area contributed by atoms with Crippen LogP contribution in [0, 0.1) is 27.7 Å². The van der Waals surface area contributed by atoms with Crippen LogP contribution >= 0.6 is 0 Å². The molecule has 2 heterocycles. The molecule has 1 aliphatic carbocycles. The second-order valence-corrected chi connectivity index (χ2v) is 16.9. The third-order valence-electron chi connectivity index (χ3n) is 13.6. The van der Waals surface area contributed by atoms with Crippen molar-refractivity contribution in [1.29, 1.82) is 0 Å². The fraction of sp³-hybridized carbons (Fsp3) is 0.143. The molecule has 0 radical (unpaired) electrons. The fourth-order valence-electron chi connectivity index (χ4n) is 9.94. The molecular weight excluding hydrogens is 701 g/mol. The Balaban J connectivity index is 1.19. The van der Waals surface area contributed by atoms with Gasteiger partial charge in [-0.25, -0.2) is 0 Å². The smallest absolute Gasteiger partial charge is 0.0582 e. The number of aryl methyl sites for hydroxylation is 4. The summed E-state index contributed by atoms with van der Waals surface area (Å²) in [5.41, 5.74) is 23.3. The van der Waals surface area contributed by atoms with E-state index in [4.69, 9.17) is 0 Å². The SMILES string of the molecule is Cc1ccc(-c2ccc3c(c2)c2cc4c(cc2n3-c2ccccc2)-c2ccc3c5cc(-c6ccc(C)c(C)c6)ccc5n(-c5ccccc5)c3c2C(C)C4C)cc1C. The maximum atomic E-state index is 2.54. The van der Waals surface area contributed by atoms with Gasteiger partial charge in [0.2, 0.25) is 0 Å². The van der Waals surface area contributed by atoms with Crippen molar-refractivity contribution in [3.63, 3.8) is 0 Å². The Morgan fingerprint density at radius 2 is 0.862 bits per heavy atom. The van der Waals surface area contributed by atoms with Gasteiger partial charge in [-0.2, -0.15) is 0 Å². The van der Waals surface area contributed by atoms with Crippen molar-refractivity contribution in [1.82, 2.24) is 9.13 Å². The quantitative estimate of drug-likeness (QED) is 0.170. The van der Waals surface area contributed by atoms with Gasteiger partial charge >= 0.3 is 0 Å². The summed E-state index contributed by atoms with van der Waals surface area (Å²) >= 11 is 0. The van der Waals surface area contributed by atoms with E-state index >= 15 is 0 Å². The molecule has 2 nitrogen and oxygen atoms in total. The maximum absolute atomic E-state index is 2.54. The molecular formula is C56H46N2. The minimum absolute atomic E-state index is 0.295. The van der Waals surface area contributed by atoms with Crippen molar-refractivity contribution in [3.05, 3.63) is 191 Å². The molecule has 10 aromatic rings. The lowest BCUT2D eigenvalue weighted by Crippen LogP contribution is -2.15. The molecule has 0 saturated carbocycles. The zero-order chi connectivity index (χ0) is 39.4. The highest BCUT2D eigenvalue weighted by Gasteiger charge is 2.33. The first kappa shape index (κ1) is 34.6. The van der Waals surface area contributed by atoms with Gasteiger partial charge in [0, 0.05) is 32.9 Å². The average molecular weight is 747 g/mol. The van der Waals surface area contributed by atoms with Crippen molar-refractivity contribution in [2.24, 2.45) is 0 Å². The Bertz CT molecular complexity index is 3220. The summed E-state index contributed by atoms with van der Waals surface area (Å²) in [5, 5.41) is 5.21. The normalized spacial score (nSPS) is 15.1. The third kappa shape index (κ3) is 5.11. The Morgan fingerprint density at radius 1 is 0.362 bits per heavy atom. The lowest BCUT2D eigenvalue weighted by Gasteiger charge is -2.33. The number of fused-ring (bicyclic) bond motifs is 10. The van der Waals surface area contributed by atoms with E-state index in [1.165, 1.54) is 122 Å². The molecule has 0 fully saturated rings. The molecule has 58 heavy (non-hydrogen) atoms. The predicted octanol–water partition coefficient (Wildman–Crippen LogP) is 15.3. The van der Waals surface area contributed by atoms with Crippen LogP contribution in [0.3, 0.4) is 0 Å². The standard InChI is InChI=1S/C56H46N2/c1-33-17-19-39(27-35(33)3)41-22-26-53-49(29-41)46-24-23-45-48-32-54-51(31-47(48)37(5)38(6)55(45)56(46)58(53)44-15-11-8-12-16-44)50-30-42(40-20-18-34(2)36(4)28-40)21-25-52(50)57(54)43-13-9-7-10-14-43/h7-32,37-38H,1-6H3. The molecule has 2 aromatic heterocycles. The Hall–Kier alpha value is -6.64. The lowest BCUT2D eigenvalue weighted by atomic mass is 9.72. The monoisotopic (exact) mass is 746 g/mol. The molecule has 0 bridgehead atoms. The summed E-state index contributed by atoms with van der Waals surface area (Å²) in [7, 11) is 0. The van der Waals surface area contributed by atoms with Gasteiger partial charge in [-0.05, 0) is 167 Å². The maximum Gasteiger partial charge on any atom is 0.0582 e. The van der Waals surface area contributed by atoms with Crippen LogP contribution < -0.4 is 0 Å². The van der Waals surface area contributed by atoms with Crippen molar-refractivity contribution < 1.29 is 0 Å². The number of para-hydroxylation sites is 2. The molecule has 2 unspecified atom stereocenters.